The lowest BCUT2D eigenvalue weighted by Gasteiger charge is -2.40. The molecule has 11 nitrogen and oxygen atoms in total. The van der Waals surface area contributed by atoms with Crippen LogP contribution in [0.2, 0.25) is 0 Å². The average molecular weight is 1290 g/mol. The highest BCUT2D eigenvalue weighted by atomic mass is 16.7. The van der Waals surface area contributed by atoms with E-state index in [2.05, 4.69) is 55.6 Å². The van der Waals surface area contributed by atoms with Crippen LogP contribution in [0.1, 0.15) is 386 Å². The van der Waals surface area contributed by atoms with Crippen LogP contribution in [0, 0.1) is 0 Å². The molecule has 0 aliphatic carbocycles. The molecule has 1 fully saturated rings. The molecule has 1 heterocycles. The molecule has 0 spiro atoms. The molecule has 0 aromatic heterocycles. The van der Waals surface area contributed by atoms with Crippen molar-refractivity contribution in [2.24, 2.45) is 0 Å². The van der Waals surface area contributed by atoms with E-state index in [1.807, 2.05) is 6.08 Å². The molecule has 1 amide bonds. The highest BCUT2D eigenvalue weighted by Gasteiger charge is 2.44. The molecule has 1 aliphatic rings. The summed E-state index contributed by atoms with van der Waals surface area (Å²) in [4.78, 5) is 25.1. The summed E-state index contributed by atoms with van der Waals surface area (Å²) in [5.41, 5.74) is 0. The molecule has 91 heavy (non-hydrogen) atoms. The van der Waals surface area contributed by atoms with Crippen LogP contribution < -0.4 is 5.32 Å². The van der Waals surface area contributed by atoms with E-state index in [-0.39, 0.29) is 18.5 Å². The number of unbranched alkanes of at least 4 members (excludes halogenated alkanes) is 50. The van der Waals surface area contributed by atoms with Gasteiger partial charge in [0.05, 0.1) is 32.0 Å². The van der Waals surface area contributed by atoms with E-state index in [0.717, 1.165) is 64.2 Å². The van der Waals surface area contributed by atoms with Gasteiger partial charge < -0.3 is 45.1 Å². The number of allylic oxidation sites excluding steroid dienone is 7. The average Bonchev–Trinajstić information content (AvgIpc) is 1.62. The van der Waals surface area contributed by atoms with Crippen LogP contribution >= 0.6 is 0 Å². The lowest BCUT2D eigenvalue weighted by molar-refractivity contribution is -0.302. The molecule has 1 saturated heterocycles. The van der Waals surface area contributed by atoms with Gasteiger partial charge in [-0.1, -0.05) is 339 Å². The second kappa shape index (κ2) is 69.0. The molecule has 1 rings (SSSR count). The third-order valence-electron chi connectivity index (χ3n) is 18.6. The van der Waals surface area contributed by atoms with Gasteiger partial charge in [-0.15, -0.1) is 0 Å². The highest BCUT2D eigenvalue weighted by molar-refractivity contribution is 5.76. The molecule has 6 N–H and O–H groups in total. The summed E-state index contributed by atoms with van der Waals surface area (Å²) < 4.78 is 16.7. The summed E-state index contributed by atoms with van der Waals surface area (Å²) in [6.45, 7) is 4.35. The fourth-order valence-electron chi connectivity index (χ4n) is 12.5. The number of hydrogen-bond acceptors (Lipinski definition) is 10. The van der Waals surface area contributed by atoms with Gasteiger partial charge in [0.1, 0.15) is 24.4 Å². The zero-order valence-electron chi connectivity index (χ0n) is 59.6. The van der Waals surface area contributed by atoms with Crippen molar-refractivity contribution in [1.29, 1.82) is 0 Å². The van der Waals surface area contributed by atoms with Crippen molar-refractivity contribution in [3.05, 3.63) is 48.6 Å². The van der Waals surface area contributed by atoms with Crippen molar-refractivity contribution in [2.45, 2.75) is 429 Å². The van der Waals surface area contributed by atoms with Crippen molar-refractivity contribution in [3.63, 3.8) is 0 Å². The van der Waals surface area contributed by atoms with Crippen LogP contribution in [-0.2, 0) is 23.8 Å². The molecule has 0 bridgehead atoms. The number of nitrogens with one attached hydrogen (secondary N) is 1. The van der Waals surface area contributed by atoms with Crippen LogP contribution in [0.25, 0.3) is 0 Å². The monoisotopic (exact) mass is 1280 g/mol. The summed E-state index contributed by atoms with van der Waals surface area (Å²) in [6.07, 6.45) is 81.4. The highest BCUT2D eigenvalue weighted by Crippen LogP contribution is 2.24. The summed E-state index contributed by atoms with van der Waals surface area (Å²) >= 11 is 0. The molecule has 0 saturated carbocycles. The molecule has 7 unspecified atom stereocenters. The Kier molecular flexibility index (Phi) is 65.7. The van der Waals surface area contributed by atoms with Crippen molar-refractivity contribution < 1.29 is 49.3 Å². The largest absolute Gasteiger partial charge is 0.466 e. The first-order valence-electron chi connectivity index (χ1n) is 39.4. The second-order valence-electron chi connectivity index (χ2n) is 27.4. The molecule has 7 atom stereocenters. The summed E-state index contributed by atoms with van der Waals surface area (Å²) in [7, 11) is 0. The molecular formula is C80H149NO10. The quantitative estimate of drug-likeness (QED) is 0.0195. The Morgan fingerprint density at radius 3 is 1.09 bits per heavy atom. The number of carbonyl (C=O) groups excluding carboxylic acids is 2. The molecule has 0 aromatic rings. The maximum atomic E-state index is 13.1. The Morgan fingerprint density at radius 2 is 0.714 bits per heavy atom. The third kappa shape index (κ3) is 57.6. The van der Waals surface area contributed by atoms with Gasteiger partial charge >= 0.3 is 5.97 Å². The summed E-state index contributed by atoms with van der Waals surface area (Å²) in [6, 6.07) is -0.833. The number of hydrogen-bond donors (Lipinski definition) is 6. The van der Waals surface area contributed by atoms with Gasteiger partial charge in [0.2, 0.25) is 5.91 Å². The Labute approximate surface area is 561 Å². The first kappa shape index (κ1) is 86.6. The van der Waals surface area contributed by atoms with E-state index in [1.54, 1.807) is 6.08 Å². The molecule has 11 heteroatoms. The van der Waals surface area contributed by atoms with Gasteiger partial charge in [0.25, 0.3) is 0 Å². The number of rotatable bonds is 70. The summed E-state index contributed by atoms with van der Waals surface area (Å²) in [5.74, 6) is -0.176. The van der Waals surface area contributed by atoms with Gasteiger partial charge in [0, 0.05) is 12.8 Å². The van der Waals surface area contributed by atoms with E-state index in [9.17, 15) is 35.1 Å². The molecule has 0 aromatic carbocycles. The fraction of sp³-hybridized carbons (Fsp3) is 0.875. The molecule has 1 aliphatic heterocycles. The Bertz CT molecular complexity index is 1650. The second-order valence-corrected chi connectivity index (χ2v) is 27.4. The van der Waals surface area contributed by atoms with Crippen LogP contribution in [0.15, 0.2) is 48.6 Å². The van der Waals surface area contributed by atoms with Crippen molar-refractivity contribution in [1.82, 2.24) is 5.32 Å². The Balaban J connectivity index is 1.94. The first-order chi connectivity index (χ1) is 44.7. The topological polar surface area (TPSA) is 175 Å². The van der Waals surface area contributed by atoms with E-state index in [0.29, 0.717) is 19.4 Å². The fourth-order valence-corrected chi connectivity index (χ4v) is 12.5. The minimum Gasteiger partial charge on any atom is -0.466 e. The molecular weight excluding hydrogens is 1130 g/mol. The number of esters is 1. The zero-order chi connectivity index (χ0) is 65.8. The van der Waals surface area contributed by atoms with Crippen molar-refractivity contribution in [2.75, 3.05) is 19.8 Å². The van der Waals surface area contributed by atoms with Gasteiger partial charge in [-0.25, -0.2) is 0 Å². The lowest BCUT2D eigenvalue weighted by Crippen LogP contribution is -2.60. The van der Waals surface area contributed by atoms with Crippen LogP contribution in [0.4, 0.5) is 0 Å². The van der Waals surface area contributed by atoms with Gasteiger partial charge in [-0.2, -0.15) is 0 Å². The predicted molar refractivity (Wildman–Crippen MR) is 384 cm³/mol. The number of amides is 1. The minimum atomic E-state index is -1.58. The van der Waals surface area contributed by atoms with E-state index in [1.165, 1.54) is 295 Å². The smallest absolute Gasteiger partial charge is 0.305 e. The number of carbonyl (C=O) groups is 2. The normalized spacial score (nSPS) is 17.8. The maximum absolute atomic E-state index is 13.1. The van der Waals surface area contributed by atoms with Crippen molar-refractivity contribution >= 4 is 11.9 Å². The lowest BCUT2D eigenvalue weighted by atomic mass is 9.99. The van der Waals surface area contributed by atoms with Gasteiger partial charge in [-0.3, -0.25) is 9.59 Å². The number of aliphatic hydroxyl groups is 5. The van der Waals surface area contributed by atoms with Gasteiger partial charge in [0.15, 0.2) is 6.29 Å². The van der Waals surface area contributed by atoms with Crippen molar-refractivity contribution in [3.8, 4) is 0 Å². The molecule has 534 valence electrons. The van der Waals surface area contributed by atoms with Gasteiger partial charge in [-0.05, 0) is 83.5 Å². The first-order valence-corrected chi connectivity index (χ1v) is 39.4. The predicted octanol–water partition coefficient (Wildman–Crippen LogP) is 21.1. The minimum absolute atomic E-state index is 0.0150. The van der Waals surface area contributed by atoms with E-state index < -0.39 is 49.5 Å². The maximum Gasteiger partial charge on any atom is 0.305 e. The van der Waals surface area contributed by atoms with E-state index >= 15 is 0 Å². The van der Waals surface area contributed by atoms with Crippen LogP contribution in [-0.4, -0.2) is 100 Å². The number of ether oxygens (including phenoxy) is 3. The SMILES string of the molecule is CCCCCCC/C=C/CC/C=C/CC/C=C/C(O)C(COC1OC(CO)C(O)C(O)C1O)NC(=O)CCCCCCCCCCCCCCCCCCC/C=C\CCCCCCCCCCCCCCCCCCOC(=O)CCCCCCCCCCCCC. The van der Waals surface area contributed by atoms with Crippen LogP contribution in [0.3, 0.4) is 0 Å². The number of aliphatic hydroxyl groups excluding tert-OH is 5. The third-order valence-corrected chi connectivity index (χ3v) is 18.6. The molecule has 0 radical (unpaired) electrons. The standard InChI is InChI=1S/C80H149NO10/c1-3-5-7-9-11-13-15-16-40-43-47-50-54-58-62-66-73(83)72(71-90-80-79(88)78(87)77(86)74(70-82)91-80)81-75(84)67-63-59-55-51-48-44-41-38-36-34-32-30-28-26-24-22-20-18-17-19-21-23-25-27-29-31-33-35-37-39-42-45-49-53-57-61-65-69-89-76(85)68-64-60-56-52-46-14-12-10-8-6-4-2/h15-17,19,47,50,62,66,72-74,77-80,82-83,86-88H,3-14,18,20-46,48-49,51-61,63-65,67-71H2,1-2H3,(H,81,84)/b16-15+,19-17-,50-47+,66-62+. The zero-order valence-corrected chi connectivity index (χ0v) is 59.6. The Morgan fingerprint density at radius 1 is 0.396 bits per heavy atom. The van der Waals surface area contributed by atoms with Crippen LogP contribution in [0.5, 0.6) is 0 Å². The van der Waals surface area contributed by atoms with E-state index in [4.69, 9.17) is 14.2 Å². The summed E-state index contributed by atoms with van der Waals surface area (Å²) in [5, 5.41) is 54.6. The Hall–Kier alpha value is -2.38.